The van der Waals surface area contributed by atoms with E-state index in [9.17, 15) is 0 Å². The summed E-state index contributed by atoms with van der Waals surface area (Å²) >= 11 is 0. The molecule has 0 heterocycles. The molecule has 2 atom stereocenters. The Balaban J connectivity index is 4.11. The largest absolute Gasteiger partial charge is 0.198 e. The van der Waals surface area contributed by atoms with Gasteiger partial charge in [-0.1, -0.05) is 27.7 Å². The van der Waals surface area contributed by atoms with Gasteiger partial charge in [-0.3, -0.25) is 0 Å². The fraction of sp³-hybridized carbons (Fsp3) is 0.889. The highest BCUT2D eigenvalue weighted by Crippen LogP contribution is 2.30. The van der Waals surface area contributed by atoms with Crippen LogP contribution in [0.5, 0.6) is 0 Å². The van der Waals surface area contributed by atoms with Crippen molar-refractivity contribution >= 4 is 0 Å². The average molecular weight is 139 g/mol. The van der Waals surface area contributed by atoms with Gasteiger partial charge in [-0.2, -0.15) is 5.26 Å². The van der Waals surface area contributed by atoms with Gasteiger partial charge in [0.25, 0.3) is 0 Å². The number of hydrogen-bond acceptors (Lipinski definition) is 1. The number of rotatable bonds is 1. The van der Waals surface area contributed by atoms with Gasteiger partial charge in [-0.05, 0) is 18.3 Å². The van der Waals surface area contributed by atoms with Crippen molar-refractivity contribution in [1.82, 2.24) is 0 Å². The van der Waals surface area contributed by atoms with Crippen LogP contribution in [0.2, 0.25) is 0 Å². The number of hydrogen-bond donors (Lipinski definition) is 0. The third-order valence-corrected chi connectivity index (χ3v) is 2.32. The van der Waals surface area contributed by atoms with Crippen LogP contribution in [0.3, 0.4) is 0 Å². The van der Waals surface area contributed by atoms with E-state index in [4.69, 9.17) is 5.26 Å². The average Bonchev–Trinajstić information content (AvgIpc) is 1.83. The molecule has 0 aromatic carbocycles. The van der Waals surface area contributed by atoms with Crippen molar-refractivity contribution in [2.45, 2.75) is 34.6 Å². The van der Waals surface area contributed by atoms with E-state index in [0.29, 0.717) is 5.92 Å². The molecule has 0 aromatic heterocycles. The minimum atomic E-state index is 0.167. The van der Waals surface area contributed by atoms with E-state index in [1.807, 2.05) is 6.92 Å². The Kier molecular flexibility index (Phi) is 2.90. The van der Waals surface area contributed by atoms with Crippen LogP contribution in [0.25, 0.3) is 0 Å². The Morgan fingerprint density at radius 1 is 1.20 bits per heavy atom. The molecule has 0 bridgehead atoms. The zero-order valence-corrected chi connectivity index (χ0v) is 7.60. The third-order valence-electron chi connectivity index (χ3n) is 2.32. The van der Waals surface area contributed by atoms with E-state index >= 15 is 0 Å². The molecule has 0 radical (unpaired) electrons. The Hall–Kier alpha value is -0.510. The second-order valence-corrected chi connectivity index (χ2v) is 4.07. The van der Waals surface area contributed by atoms with Crippen molar-refractivity contribution in [2.75, 3.05) is 0 Å². The van der Waals surface area contributed by atoms with E-state index < -0.39 is 0 Å². The third kappa shape index (κ3) is 2.39. The molecule has 1 nitrogen and oxygen atoms in total. The summed E-state index contributed by atoms with van der Waals surface area (Å²) in [5, 5.41) is 8.62. The monoisotopic (exact) mass is 139 g/mol. The molecule has 0 aromatic rings. The molecular formula is C9H17N. The predicted octanol–water partition coefficient (Wildman–Crippen LogP) is 2.83. The van der Waals surface area contributed by atoms with E-state index in [-0.39, 0.29) is 11.3 Å². The quantitative estimate of drug-likeness (QED) is 0.548. The molecule has 0 aliphatic heterocycles. The fourth-order valence-corrected chi connectivity index (χ4v) is 0.862. The second-order valence-electron chi connectivity index (χ2n) is 4.07. The van der Waals surface area contributed by atoms with Crippen molar-refractivity contribution in [3.05, 3.63) is 0 Å². The summed E-state index contributed by atoms with van der Waals surface area (Å²) in [4.78, 5) is 0. The van der Waals surface area contributed by atoms with Crippen LogP contribution >= 0.6 is 0 Å². The summed E-state index contributed by atoms with van der Waals surface area (Å²) in [6.07, 6.45) is 0. The first-order valence-corrected chi connectivity index (χ1v) is 3.79. The molecule has 0 aliphatic carbocycles. The molecule has 0 spiro atoms. The highest BCUT2D eigenvalue weighted by atomic mass is 14.3. The summed E-state index contributed by atoms with van der Waals surface area (Å²) in [7, 11) is 0. The maximum atomic E-state index is 8.62. The van der Waals surface area contributed by atoms with E-state index in [1.165, 1.54) is 0 Å². The highest BCUT2D eigenvalue weighted by Gasteiger charge is 2.24. The van der Waals surface area contributed by atoms with Gasteiger partial charge >= 0.3 is 0 Å². The van der Waals surface area contributed by atoms with Gasteiger partial charge in [0.1, 0.15) is 0 Å². The zero-order chi connectivity index (χ0) is 8.36. The van der Waals surface area contributed by atoms with Crippen molar-refractivity contribution in [3.8, 4) is 6.07 Å². The first-order valence-electron chi connectivity index (χ1n) is 3.79. The fourth-order valence-electron chi connectivity index (χ4n) is 0.862. The lowest BCUT2D eigenvalue weighted by Crippen LogP contribution is -2.22. The van der Waals surface area contributed by atoms with Crippen LogP contribution in [-0.2, 0) is 0 Å². The maximum Gasteiger partial charge on any atom is 0.0655 e. The van der Waals surface area contributed by atoms with E-state index in [1.54, 1.807) is 0 Å². The lowest BCUT2D eigenvalue weighted by atomic mass is 9.75. The molecule has 2 unspecified atom stereocenters. The normalized spacial score (nSPS) is 17.6. The first-order chi connectivity index (χ1) is 4.39. The van der Waals surface area contributed by atoms with Gasteiger partial charge < -0.3 is 0 Å². The van der Waals surface area contributed by atoms with Gasteiger partial charge in [0.15, 0.2) is 0 Å². The Bertz CT molecular complexity index is 136. The Labute approximate surface area is 64.1 Å². The smallest absolute Gasteiger partial charge is 0.0655 e. The lowest BCUT2D eigenvalue weighted by molar-refractivity contribution is 0.218. The summed E-state index contributed by atoms with van der Waals surface area (Å²) in [5.41, 5.74) is 0.259. The van der Waals surface area contributed by atoms with Gasteiger partial charge in [0, 0.05) is 5.92 Å². The summed E-state index contributed by atoms with van der Waals surface area (Å²) in [6, 6.07) is 2.27. The molecule has 0 saturated carbocycles. The lowest BCUT2D eigenvalue weighted by Gasteiger charge is -2.28. The van der Waals surface area contributed by atoms with Gasteiger partial charge in [0.2, 0.25) is 0 Å². The minimum absolute atomic E-state index is 0.167. The van der Waals surface area contributed by atoms with Crippen molar-refractivity contribution < 1.29 is 0 Å². The SMILES string of the molecule is CC(C#N)C(C)C(C)(C)C. The number of nitriles is 1. The molecule has 10 heavy (non-hydrogen) atoms. The van der Waals surface area contributed by atoms with Crippen molar-refractivity contribution in [1.29, 1.82) is 5.26 Å². The predicted molar refractivity (Wildman–Crippen MR) is 43.4 cm³/mol. The van der Waals surface area contributed by atoms with Gasteiger partial charge in [-0.15, -0.1) is 0 Å². The van der Waals surface area contributed by atoms with Crippen LogP contribution in [0, 0.1) is 28.6 Å². The molecule has 0 rings (SSSR count). The Morgan fingerprint density at radius 2 is 1.60 bits per heavy atom. The van der Waals surface area contributed by atoms with Crippen molar-refractivity contribution in [2.24, 2.45) is 17.3 Å². The highest BCUT2D eigenvalue weighted by molar-refractivity contribution is 4.87. The summed E-state index contributed by atoms with van der Waals surface area (Å²) in [5.74, 6) is 0.637. The van der Waals surface area contributed by atoms with Crippen LogP contribution in [0.4, 0.5) is 0 Å². The first kappa shape index (κ1) is 9.49. The van der Waals surface area contributed by atoms with Crippen LogP contribution < -0.4 is 0 Å². The summed E-state index contributed by atoms with van der Waals surface area (Å²) < 4.78 is 0. The molecule has 58 valence electrons. The second kappa shape index (κ2) is 3.05. The van der Waals surface area contributed by atoms with Crippen LogP contribution in [-0.4, -0.2) is 0 Å². The molecule has 0 aliphatic rings. The molecule has 0 saturated heterocycles. The van der Waals surface area contributed by atoms with Crippen LogP contribution in [0.15, 0.2) is 0 Å². The molecule has 0 N–H and O–H groups in total. The molecular weight excluding hydrogens is 122 g/mol. The molecule has 1 heteroatoms. The molecule has 0 fully saturated rings. The van der Waals surface area contributed by atoms with Gasteiger partial charge in [0.05, 0.1) is 6.07 Å². The molecule has 0 amide bonds. The minimum Gasteiger partial charge on any atom is -0.198 e. The van der Waals surface area contributed by atoms with Crippen molar-refractivity contribution in [3.63, 3.8) is 0 Å². The topological polar surface area (TPSA) is 23.8 Å². The van der Waals surface area contributed by atoms with Crippen LogP contribution in [0.1, 0.15) is 34.6 Å². The summed E-state index contributed by atoms with van der Waals surface area (Å²) in [6.45, 7) is 10.6. The zero-order valence-electron chi connectivity index (χ0n) is 7.60. The number of nitrogens with zero attached hydrogens (tertiary/aromatic N) is 1. The van der Waals surface area contributed by atoms with E-state index in [0.717, 1.165) is 0 Å². The Morgan fingerprint density at radius 3 is 1.70 bits per heavy atom. The van der Waals surface area contributed by atoms with E-state index in [2.05, 4.69) is 33.8 Å². The van der Waals surface area contributed by atoms with Gasteiger partial charge in [-0.25, -0.2) is 0 Å². The maximum absolute atomic E-state index is 8.62. The standard InChI is InChI=1S/C9H17N/c1-7(6-10)8(2)9(3,4)5/h7-8H,1-5H3.